The van der Waals surface area contributed by atoms with Crippen LogP contribution in [0.3, 0.4) is 0 Å². The highest BCUT2D eigenvalue weighted by Gasteiger charge is 2.24. The second-order valence-electron chi connectivity index (χ2n) is 10.7. The lowest BCUT2D eigenvalue weighted by atomic mass is 10.1. The standard InChI is InChI=1S/C35H39N5O3/c1-3-4-8-26-12-14-28(15-13-26)34(41)38-29-16-17-31(30(23-29)35(42)37-25-27-9-7-18-36-24-27)39-19-21-40(22-20-39)32-10-5-6-11-33(32)43-2/h5-7,9-18,23-24H,3-4,8,19-22,25H2,1-2H3,(H,37,42)(H,38,41). The zero-order valence-corrected chi connectivity index (χ0v) is 24.9. The van der Waals surface area contributed by atoms with Crippen LogP contribution in [0.2, 0.25) is 0 Å². The number of aryl methyl sites for hydroxylation is 1. The van der Waals surface area contributed by atoms with Crippen molar-refractivity contribution in [2.24, 2.45) is 0 Å². The number of nitrogens with zero attached hydrogens (tertiary/aromatic N) is 3. The Bertz CT molecular complexity index is 1520. The van der Waals surface area contributed by atoms with Crippen molar-refractivity contribution in [3.8, 4) is 5.75 Å². The van der Waals surface area contributed by atoms with Crippen molar-refractivity contribution in [2.45, 2.75) is 32.7 Å². The zero-order chi connectivity index (χ0) is 30.0. The second-order valence-corrected chi connectivity index (χ2v) is 10.7. The van der Waals surface area contributed by atoms with E-state index < -0.39 is 0 Å². The Kier molecular flexibility index (Phi) is 9.90. The number of hydrogen-bond acceptors (Lipinski definition) is 6. The molecule has 0 atom stereocenters. The van der Waals surface area contributed by atoms with E-state index in [2.05, 4.69) is 38.4 Å². The van der Waals surface area contributed by atoms with Crippen molar-refractivity contribution in [1.29, 1.82) is 0 Å². The molecule has 3 aromatic carbocycles. The van der Waals surface area contributed by atoms with E-state index in [0.717, 1.165) is 68.1 Å². The predicted molar refractivity (Wildman–Crippen MR) is 172 cm³/mol. The van der Waals surface area contributed by atoms with Gasteiger partial charge in [0.05, 0.1) is 18.4 Å². The number of unbranched alkanes of at least 4 members (excludes halogenated alkanes) is 1. The molecule has 0 radical (unpaired) electrons. The molecule has 1 aromatic heterocycles. The first-order valence-corrected chi connectivity index (χ1v) is 14.9. The smallest absolute Gasteiger partial charge is 0.255 e. The van der Waals surface area contributed by atoms with Gasteiger partial charge in [-0.05, 0) is 72.5 Å². The topological polar surface area (TPSA) is 86.8 Å². The molecular formula is C35H39N5O3. The number of amides is 2. The number of carbonyl (C=O) groups is 2. The van der Waals surface area contributed by atoms with Crippen LogP contribution in [0.15, 0.2) is 91.3 Å². The summed E-state index contributed by atoms with van der Waals surface area (Å²) in [7, 11) is 1.69. The molecule has 5 rings (SSSR count). The average molecular weight is 578 g/mol. The quantitative estimate of drug-likeness (QED) is 0.229. The van der Waals surface area contributed by atoms with Gasteiger partial charge in [0.15, 0.2) is 0 Å². The van der Waals surface area contributed by atoms with Crippen LogP contribution in [0, 0.1) is 0 Å². The molecule has 1 fully saturated rings. The van der Waals surface area contributed by atoms with Gasteiger partial charge in [0, 0.05) is 62.1 Å². The van der Waals surface area contributed by atoms with Crippen molar-refractivity contribution >= 4 is 28.9 Å². The van der Waals surface area contributed by atoms with E-state index in [1.165, 1.54) is 5.56 Å². The third kappa shape index (κ3) is 7.52. The van der Waals surface area contributed by atoms with Gasteiger partial charge >= 0.3 is 0 Å². The number of rotatable bonds is 11. The number of piperazine rings is 1. The van der Waals surface area contributed by atoms with Crippen molar-refractivity contribution in [2.75, 3.05) is 48.4 Å². The normalized spacial score (nSPS) is 13.0. The molecule has 4 aromatic rings. The number of para-hydroxylation sites is 2. The van der Waals surface area contributed by atoms with Crippen LogP contribution in [0.1, 0.15) is 51.6 Å². The molecule has 2 heterocycles. The van der Waals surface area contributed by atoms with Gasteiger partial charge < -0.3 is 25.2 Å². The first-order valence-electron chi connectivity index (χ1n) is 14.9. The number of methoxy groups -OCH3 is 1. The SMILES string of the molecule is CCCCc1ccc(C(=O)Nc2ccc(N3CCN(c4ccccc4OC)CC3)c(C(=O)NCc3cccnc3)c2)cc1. The van der Waals surface area contributed by atoms with Gasteiger partial charge in [-0.25, -0.2) is 0 Å². The Balaban J connectivity index is 1.33. The second kappa shape index (κ2) is 14.4. The summed E-state index contributed by atoms with van der Waals surface area (Å²) >= 11 is 0. The molecule has 2 N–H and O–H groups in total. The number of carbonyl (C=O) groups excluding carboxylic acids is 2. The Hall–Kier alpha value is -4.85. The molecule has 1 aliphatic rings. The Morgan fingerprint density at radius 2 is 1.58 bits per heavy atom. The van der Waals surface area contributed by atoms with Crippen LogP contribution < -0.4 is 25.2 Å². The maximum atomic E-state index is 13.6. The molecule has 0 saturated carbocycles. The summed E-state index contributed by atoms with van der Waals surface area (Å²) < 4.78 is 5.57. The van der Waals surface area contributed by atoms with Crippen LogP contribution in [-0.4, -0.2) is 50.1 Å². The van der Waals surface area contributed by atoms with Crippen LogP contribution in [-0.2, 0) is 13.0 Å². The molecule has 2 amide bonds. The Morgan fingerprint density at radius 1 is 0.837 bits per heavy atom. The number of aromatic nitrogens is 1. The number of benzene rings is 3. The van der Waals surface area contributed by atoms with Gasteiger partial charge in [0.2, 0.25) is 0 Å². The van der Waals surface area contributed by atoms with Crippen LogP contribution in [0.4, 0.5) is 17.1 Å². The fourth-order valence-corrected chi connectivity index (χ4v) is 5.34. The first kappa shape index (κ1) is 29.6. The maximum Gasteiger partial charge on any atom is 0.255 e. The Morgan fingerprint density at radius 3 is 2.28 bits per heavy atom. The highest BCUT2D eigenvalue weighted by Crippen LogP contribution is 2.31. The van der Waals surface area contributed by atoms with Crippen LogP contribution >= 0.6 is 0 Å². The van der Waals surface area contributed by atoms with Crippen molar-refractivity contribution < 1.29 is 14.3 Å². The minimum atomic E-state index is -0.207. The van der Waals surface area contributed by atoms with Gasteiger partial charge in [-0.2, -0.15) is 0 Å². The molecular weight excluding hydrogens is 538 g/mol. The Labute approximate surface area is 253 Å². The number of anilines is 3. The van der Waals surface area contributed by atoms with Crippen molar-refractivity contribution in [3.05, 3.63) is 114 Å². The van der Waals surface area contributed by atoms with Gasteiger partial charge in [-0.1, -0.05) is 43.7 Å². The van der Waals surface area contributed by atoms with Gasteiger partial charge in [0.1, 0.15) is 5.75 Å². The number of nitrogens with one attached hydrogen (secondary N) is 2. The molecule has 43 heavy (non-hydrogen) atoms. The third-order valence-electron chi connectivity index (χ3n) is 7.76. The van der Waals surface area contributed by atoms with E-state index in [9.17, 15) is 9.59 Å². The summed E-state index contributed by atoms with van der Waals surface area (Å²) in [5.41, 5.74) is 5.71. The zero-order valence-electron chi connectivity index (χ0n) is 24.9. The third-order valence-corrected chi connectivity index (χ3v) is 7.76. The molecule has 1 aliphatic heterocycles. The molecule has 222 valence electrons. The van der Waals surface area contributed by atoms with Crippen LogP contribution in [0.25, 0.3) is 0 Å². The van der Waals surface area contributed by atoms with E-state index in [1.54, 1.807) is 25.6 Å². The highest BCUT2D eigenvalue weighted by atomic mass is 16.5. The predicted octanol–water partition coefficient (Wildman–Crippen LogP) is 5.94. The van der Waals surface area contributed by atoms with Gasteiger partial charge in [-0.15, -0.1) is 0 Å². The molecule has 0 unspecified atom stereocenters. The van der Waals surface area contributed by atoms with Gasteiger partial charge in [0.25, 0.3) is 11.8 Å². The van der Waals surface area contributed by atoms with Crippen LogP contribution in [0.5, 0.6) is 5.75 Å². The molecule has 1 saturated heterocycles. The molecule has 8 nitrogen and oxygen atoms in total. The summed E-state index contributed by atoms with van der Waals surface area (Å²) in [6, 6.07) is 25.1. The highest BCUT2D eigenvalue weighted by molar-refractivity contribution is 6.06. The maximum absolute atomic E-state index is 13.6. The van der Waals surface area contributed by atoms with E-state index in [-0.39, 0.29) is 11.8 Å². The summed E-state index contributed by atoms with van der Waals surface area (Å²) in [5, 5.41) is 6.03. The fourth-order valence-electron chi connectivity index (χ4n) is 5.34. The lowest BCUT2D eigenvalue weighted by molar-refractivity contribution is 0.0950. The summed E-state index contributed by atoms with van der Waals surface area (Å²) in [6.07, 6.45) is 6.71. The number of ether oxygens (including phenoxy) is 1. The van der Waals surface area contributed by atoms with Gasteiger partial charge in [-0.3, -0.25) is 14.6 Å². The monoisotopic (exact) mass is 577 g/mol. The minimum Gasteiger partial charge on any atom is -0.495 e. The molecule has 0 bridgehead atoms. The summed E-state index contributed by atoms with van der Waals surface area (Å²) in [4.78, 5) is 35.4. The van der Waals surface area contributed by atoms with Crippen molar-refractivity contribution in [3.63, 3.8) is 0 Å². The van der Waals surface area contributed by atoms with E-state index >= 15 is 0 Å². The lowest BCUT2D eigenvalue weighted by Crippen LogP contribution is -2.47. The largest absolute Gasteiger partial charge is 0.495 e. The van der Waals surface area contributed by atoms with Crippen molar-refractivity contribution in [1.82, 2.24) is 10.3 Å². The van der Waals surface area contributed by atoms with E-state index in [0.29, 0.717) is 23.4 Å². The number of hydrogen-bond donors (Lipinski definition) is 2. The molecule has 0 spiro atoms. The lowest BCUT2D eigenvalue weighted by Gasteiger charge is -2.38. The molecule has 8 heteroatoms. The molecule has 0 aliphatic carbocycles. The summed E-state index contributed by atoms with van der Waals surface area (Å²) in [6.45, 7) is 5.55. The van der Waals surface area contributed by atoms with E-state index in [4.69, 9.17) is 4.74 Å². The fraction of sp³-hybridized carbons (Fsp3) is 0.286. The summed E-state index contributed by atoms with van der Waals surface area (Å²) in [5.74, 6) is 0.437. The first-order chi connectivity index (χ1) is 21.1. The van der Waals surface area contributed by atoms with E-state index in [1.807, 2.05) is 66.7 Å². The number of pyridine rings is 1. The minimum absolute atomic E-state index is 0.206. The average Bonchev–Trinajstić information content (AvgIpc) is 3.07.